The molecule has 0 radical (unpaired) electrons. The van der Waals surface area contributed by atoms with E-state index in [1.165, 1.54) is 11.1 Å². The first-order valence-electron chi connectivity index (χ1n) is 13.9. The number of piperazine rings is 1. The third-order valence-electron chi connectivity index (χ3n) is 8.31. The monoisotopic (exact) mass is 521 g/mol. The Labute approximate surface area is 227 Å². The van der Waals surface area contributed by atoms with E-state index >= 15 is 0 Å². The van der Waals surface area contributed by atoms with Gasteiger partial charge in [-0.25, -0.2) is 0 Å². The number of carbonyl (C=O) groups excluding carboxylic acids is 1. The summed E-state index contributed by atoms with van der Waals surface area (Å²) in [5, 5.41) is 13.0. The highest BCUT2D eigenvalue weighted by atomic mass is 16.5. The van der Waals surface area contributed by atoms with E-state index < -0.39 is 11.4 Å². The van der Waals surface area contributed by atoms with Crippen molar-refractivity contribution in [2.24, 2.45) is 5.92 Å². The quantitative estimate of drug-likeness (QED) is 0.522. The highest BCUT2D eigenvalue weighted by Gasteiger charge is 2.32. The molecule has 38 heavy (non-hydrogen) atoms. The normalized spacial score (nSPS) is 22.6. The minimum absolute atomic E-state index is 0.0144. The number of hydrogen-bond donors (Lipinski definition) is 2. The van der Waals surface area contributed by atoms with Gasteiger partial charge in [-0.3, -0.25) is 14.5 Å². The van der Waals surface area contributed by atoms with Crippen LogP contribution in [0.1, 0.15) is 63.1 Å². The molecule has 1 heterocycles. The van der Waals surface area contributed by atoms with Crippen molar-refractivity contribution >= 4 is 17.6 Å². The number of anilines is 1. The molecule has 0 unspecified atom stereocenters. The van der Waals surface area contributed by atoms with Crippen LogP contribution in [0.3, 0.4) is 0 Å². The standard InChI is InChI=1S/C31H43N3O4/c1-21-17-26(12-9-24(21)20-34-16-15-32-22(2)19-34)33(5)29(35)23-10-13-27(14-11-23)38-28-8-6-7-25(18-28)31(3,4)30(36)37/h6-9,12,17-18,22-23,27,32H,10-11,13-16,19-20H2,1-5H3,(H,36,37)/t22-,23?,27?/m0/s1. The Kier molecular flexibility index (Phi) is 8.78. The Balaban J connectivity index is 1.31. The van der Waals surface area contributed by atoms with Gasteiger partial charge < -0.3 is 20.1 Å². The van der Waals surface area contributed by atoms with Crippen LogP contribution >= 0.6 is 0 Å². The molecule has 7 nitrogen and oxygen atoms in total. The number of nitrogens with zero attached hydrogens (tertiary/aromatic N) is 2. The summed E-state index contributed by atoms with van der Waals surface area (Å²) < 4.78 is 6.22. The van der Waals surface area contributed by atoms with Crippen LogP contribution in [0.4, 0.5) is 5.69 Å². The van der Waals surface area contributed by atoms with Crippen molar-refractivity contribution in [2.75, 3.05) is 31.6 Å². The lowest BCUT2D eigenvalue weighted by atomic mass is 9.84. The first-order valence-corrected chi connectivity index (χ1v) is 13.9. The van der Waals surface area contributed by atoms with Crippen LogP contribution in [0.25, 0.3) is 0 Å². The lowest BCUT2D eigenvalue weighted by Gasteiger charge is -2.32. The van der Waals surface area contributed by atoms with E-state index in [4.69, 9.17) is 4.74 Å². The first kappa shape index (κ1) is 28.1. The van der Waals surface area contributed by atoms with Crippen LogP contribution in [0.5, 0.6) is 5.75 Å². The average Bonchev–Trinajstić information content (AvgIpc) is 2.89. The van der Waals surface area contributed by atoms with Crippen LogP contribution in [0.15, 0.2) is 42.5 Å². The summed E-state index contributed by atoms with van der Waals surface area (Å²) in [6.07, 6.45) is 3.20. The van der Waals surface area contributed by atoms with E-state index in [1.54, 1.807) is 13.8 Å². The second kappa shape index (κ2) is 11.9. The predicted molar refractivity (Wildman–Crippen MR) is 151 cm³/mol. The Morgan fingerprint density at radius 2 is 1.87 bits per heavy atom. The fraction of sp³-hybridized carbons (Fsp3) is 0.548. The highest BCUT2D eigenvalue weighted by molar-refractivity contribution is 5.94. The molecule has 7 heteroatoms. The number of rotatable bonds is 8. The zero-order valence-corrected chi connectivity index (χ0v) is 23.5. The maximum Gasteiger partial charge on any atom is 0.313 e. The third kappa shape index (κ3) is 6.56. The molecule has 2 N–H and O–H groups in total. The SMILES string of the molecule is Cc1cc(N(C)C(=O)C2CCC(Oc3cccc(C(C)(C)C(=O)O)c3)CC2)ccc1CN1CCN[C@@H](C)C1. The summed E-state index contributed by atoms with van der Waals surface area (Å²) in [6, 6.07) is 14.3. The van der Waals surface area contributed by atoms with Gasteiger partial charge in [-0.15, -0.1) is 0 Å². The second-order valence-corrected chi connectivity index (χ2v) is 11.6. The number of amides is 1. The summed E-state index contributed by atoms with van der Waals surface area (Å²) in [4.78, 5) is 29.3. The van der Waals surface area contributed by atoms with Gasteiger partial charge in [0, 0.05) is 50.9 Å². The van der Waals surface area contributed by atoms with E-state index in [0.717, 1.165) is 63.1 Å². The van der Waals surface area contributed by atoms with Gasteiger partial charge in [-0.2, -0.15) is 0 Å². The van der Waals surface area contributed by atoms with Crippen molar-refractivity contribution in [1.29, 1.82) is 0 Å². The summed E-state index contributed by atoms with van der Waals surface area (Å²) in [5.74, 6) is -0.0254. The highest BCUT2D eigenvalue weighted by Crippen LogP contribution is 2.32. The Morgan fingerprint density at radius 3 is 2.53 bits per heavy atom. The number of hydrogen-bond acceptors (Lipinski definition) is 5. The molecule has 0 spiro atoms. The number of aliphatic carboxylic acids is 1. The molecule has 4 rings (SSSR count). The molecule has 1 amide bonds. The number of ether oxygens (including phenoxy) is 1. The molecular formula is C31H43N3O4. The van der Waals surface area contributed by atoms with Gasteiger partial charge in [0.25, 0.3) is 0 Å². The average molecular weight is 522 g/mol. The van der Waals surface area contributed by atoms with Crippen molar-refractivity contribution in [3.63, 3.8) is 0 Å². The maximum absolute atomic E-state index is 13.3. The van der Waals surface area contributed by atoms with Crippen molar-refractivity contribution < 1.29 is 19.4 Å². The number of carboxylic acid groups (broad SMARTS) is 1. The molecule has 2 aromatic carbocycles. The van der Waals surface area contributed by atoms with E-state index in [1.807, 2.05) is 36.2 Å². The van der Waals surface area contributed by atoms with Crippen LogP contribution in [-0.4, -0.2) is 60.7 Å². The molecule has 1 aliphatic carbocycles. The van der Waals surface area contributed by atoms with Gasteiger partial charge in [0.1, 0.15) is 5.75 Å². The van der Waals surface area contributed by atoms with Crippen LogP contribution in [-0.2, 0) is 21.5 Å². The maximum atomic E-state index is 13.3. The van der Waals surface area contributed by atoms with Gasteiger partial charge in [-0.05, 0) is 94.3 Å². The Bertz CT molecular complexity index is 1140. The molecule has 2 fully saturated rings. The zero-order chi connectivity index (χ0) is 27.4. The minimum Gasteiger partial charge on any atom is -0.490 e. The molecule has 2 aromatic rings. The molecule has 2 aliphatic rings. The fourth-order valence-electron chi connectivity index (χ4n) is 5.57. The lowest BCUT2D eigenvalue weighted by molar-refractivity contribution is -0.142. The number of nitrogens with one attached hydrogen (secondary N) is 1. The number of carboxylic acids is 1. The third-order valence-corrected chi connectivity index (χ3v) is 8.31. The van der Waals surface area contributed by atoms with Crippen molar-refractivity contribution in [2.45, 2.75) is 77.5 Å². The summed E-state index contributed by atoms with van der Waals surface area (Å²) >= 11 is 0. The van der Waals surface area contributed by atoms with Gasteiger partial charge >= 0.3 is 5.97 Å². The molecule has 206 valence electrons. The van der Waals surface area contributed by atoms with Crippen LogP contribution < -0.4 is 15.0 Å². The Hall–Kier alpha value is -2.90. The topological polar surface area (TPSA) is 82.1 Å². The van der Waals surface area contributed by atoms with E-state index in [9.17, 15) is 14.7 Å². The van der Waals surface area contributed by atoms with E-state index in [-0.39, 0.29) is 17.9 Å². The number of carbonyl (C=O) groups is 2. The molecule has 1 saturated heterocycles. The zero-order valence-electron chi connectivity index (χ0n) is 23.5. The summed E-state index contributed by atoms with van der Waals surface area (Å²) in [6.45, 7) is 11.8. The smallest absolute Gasteiger partial charge is 0.313 e. The van der Waals surface area contributed by atoms with Crippen LogP contribution in [0, 0.1) is 12.8 Å². The van der Waals surface area contributed by atoms with Crippen molar-refractivity contribution in [1.82, 2.24) is 10.2 Å². The number of benzene rings is 2. The van der Waals surface area contributed by atoms with Crippen molar-refractivity contribution in [3.8, 4) is 5.75 Å². The van der Waals surface area contributed by atoms with Gasteiger partial charge in [0.05, 0.1) is 11.5 Å². The summed E-state index contributed by atoms with van der Waals surface area (Å²) in [7, 11) is 1.88. The number of aryl methyl sites for hydroxylation is 1. The largest absolute Gasteiger partial charge is 0.490 e. The molecule has 1 atom stereocenters. The van der Waals surface area contributed by atoms with E-state index in [2.05, 4.69) is 42.3 Å². The lowest BCUT2D eigenvalue weighted by Crippen LogP contribution is -2.48. The van der Waals surface area contributed by atoms with Crippen molar-refractivity contribution in [3.05, 3.63) is 59.2 Å². The fourth-order valence-corrected chi connectivity index (χ4v) is 5.57. The van der Waals surface area contributed by atoms with Gasteiger partial charge in [-0.1, -0.05) is 18.2 Å². The molecule has 0 bridgehead atoms. The van der Waals surface area contributed by atoms with E-state index in [0.29, 0.717) is 11.8 Å². The molecule has 0 aromatic heterocycles. The molecular weight excluding hydrogens is 478 g/mol. The first-order chi connectivity index (χ1) is 18.0. The summed E-state index contributed by atoms with van der Waals surface area (Å²) in [5.41, 5.74) is 3.22. The minimum atomic E-state index is -0.978. The van der Waals surface area contributed by atoms with Gasteiger partial charge in [0.2, 0.25) is 5.91 Å². The molecule has 1 saturated carbocycles. The molecule has 1 aliphatic heterocycles. The second-order valence-electron chi connectivity index (χ2n) is 11.6. The van der Waals surface area contributed by atoms with Crippen LogP contribution in [0.2, 0.25) is 0 Å². The van der Waals surface area contributed by atoms with Gasteiger partial charge in [0.15, 0.2) is 0 Å². The Morgan fingerprint density at radius 1 is 1.13 bits per heavy atom. The predicted octanol–water partition coefficient (Wildman–Crippen LogP) is 4.75.